The summed E-state index contributed by atoms with van der Waals surface area (Å²) in [7, 11) is 2.13. The van der Waals surface area contributed by atoms with E-state index in [1.54, 1.807) is 0 Å². The molecule has 1 atom stereocenters. The van der Waals surface area contributed by atoms with Gasteiger partial charge in [0, 0.05) is 19.6 Å². The second kappa shape index (κ2) is 5.36. The molecule has 0 bridgehead atoms. The molecular weight excluding hydrogens is 214 g/mol. The third-order valence-electron chi connectivity index (χ3n) is 4.10. The molecule has 98 valence electrons. The van der Waals surface area contributed by atoms with Crippen LogP contribution in [0.5, 0.6) is 0 Å². The van der Waals surface area contributed by atoms with E-state index in [2.05, 4.69) is 29.1 Å². The first-order chi connectivity index (χ1) is 8.12. The molecule has 2 heterocycles. The summed E-state index contributed by atoms with van der Waals surface area (Å²) in [6.45, 7) is 6.96. The Morgan fingerprint density at radius 3 is 2.65 bits per heavy atom. The second-order valence-corrected chi connectivity index (χ2v) is 5.67. The Kier molecular flexibility index (Phi) is 4.05. The molecule has 2 aliphatic rings. The minimum Gasteiger partial charge on any atom is -0.340 e. The molecule has 2 saturated heterocycles. The first kappa shape index (κ1) is 12.8. The van der Waals surface area contributed by atoms with Gasteiger partial charge in [0.2, 0.25) is 5.91 Å². The second-order valence-electron chi connectivity index (χ2n) is 5.67. The number of amides is 1. The molecule has 0 aromatic rings. The number of likely N-dealkylation sites (N-methyl/N-ethyl adjacent to an activating group) is 1. The van der Waals surface area contributed by atoms with Crippen molar-refractivity contribution in [2.75, 3.05) is 39.8 Å². The van der Waals surface area contributed by atoms with Gasteiger partial charge in [-0.3, -0.25) is 4.79 Å². The summed E-state index contributed by atoms with van der Waals surface area (Å²) in [6, 6.07) is 0. The van der Waals surface area contributed by atoms with Gasteiger partial charge in [-0.1, -0.05) is 0 Å². The van der Waals surface area contributed by atoms with Crippen molar-refractivity contribution in [2.24, 2.45) is 0 Å². The van der Waals surface area contributed by atoms with E-state index < -0.39 is 0 Å². The molecule has 2 aliphatic heterocycles. The number of carbonyl (C=O) groups excluding carboxylic acids is 1. The Bertz CT molecular complexity index is 274. The maximum Gasteiger partial charge on any atom is 0.242 e. The van der Waals surface area contributed by atoms with E-state index in [9.17, 15) is 4.79 Å². The van der Waals surface area contributed by atoms with Crippen molar-refractivity contribution in [3.05, 3.63) is 0 Å². The Balaban J connectivity index is 1.98. The van der Waals surface area contributed by atoms with Gasteiger partial charge >= 0.3 is 0 Å². The molecule has 2 rings (SSSR count). The highest BCUT2D eigenvalue weighted by Crippen LogP contribution is 2.21. The predicted octanol–water partition coefficient (Wildman–Crippen LogP) is 0.683. The molecular formula is C13H25N3O. The lowest BCUT2D eigenvalue weighted by Crippen LogP contribution is -2.58. The monoisotopic (exact) mass is 239 g/mol. The molecule has 0 radical (unpaired) electrons. The highest BCUT2D eigenvalue weighted by molar-refractivity contribution is 5.86. The van der Waals surface area contributed by atoms with Gasteiger partial charge in [0.1, 0.15) is 0 Å². The highest BCUT2D eigenvalue weighted by Gasteiger charge is 2.37. The van der Waals surface area contributed by atoms with Gasteiger partial charge in [-0.15, -0.1) is 0 Å². The predicted molar refractivity (Wildman–Crippen MR) is 69.0 cm³/mol. The zero-order valence-corrected chi connectivity index (χ0v) is 11.2. The molecule has 4 heteroatoms. The van der Waals surface area contributed by atoms with Crippen molar-refractivity contribution in [1.82, 2.24) is 15.1 Å². The van der Waals surface area contributed by atoms with Crippen molar-refractivity contribution >= 4 is 5.91 Å². The van der Waals surface area contributed by atoms with Crippen LogP contribution in [0.4, 0.5) is 0 Å². The Labute approximate surface area is 104 Å². The Morgan fingerprint density at radius 1 is 1.12 bits per heavy atom. The van der Waals surface area contributed by atoms with E-state index in [-0.39, 0.29) is 5.54 Å². The molecule has 2 fully saturated rings. The van der Waals surface area contributed by atoms with Crippen LogP contribution in [-0.2, 0) is 4.79 Å². The first-order valence-corrected chi connectivity index (χ1v) is 6.85. The summed E-state index contributed by atoms with van der Waals surface area (Å²) < 4.78 is 0. The van der Waals surface area contributed by atoms with Gasteiger partial charge in [0.15, 0.2) is 0 Å². The molecule has 0 aromatic heterocycles. The molecule has 0 spiro atoms. The van der Waals surface area contributed by atoms with Crippen LogP contribution >= 0.6 is 0 Å². The zero-order chi connectivity index (χ0) is 12.3. The number of hydrogen-bond donors (Lipinski definition) is 1. The maximum atomic E-state index is 12.6. The fraction of sp³-hybridized carbons (Fsp3) is 0.923. The number of rotatable bonds is 1. The van der Waals surface area contributed by atoms with Crippen molar-refractivity contribution in [3.8, 4) is 0 Å². The molecule has 1 amide bonds. The molecule has 4 nitrogen and oxygen atoms in total. The quantitative estimate of drug-likeness (QED) is 0.731. The van der Waals surface area contributed by atoms with E-state index in [0.29, 0.717) is 5.91 Å². The summed E-state index contributed by atoms with van der Waals surface area (Å²) in [5.41, 5.74) is -0.304. The van der Waals surface area contributed by atoms with Gasteiger partial charge in [-0.25, -0.2) is 0 Å². The van der Waals surface area contributed by atoms with E-state index in [0.717, 1.165) is 45.6 Å². The number of piperidine rings is 1. The molecule has 1 unspecified atom stereocenters. The normalized spacial score (nSPS) is 32.2. The summed E-state index contributed by atoms with van der Waals surface area (Å²) in [5.74, 6) is 0.313. The van der Waals surface area contributed by atoms with Gasteiger partial charge in [-0.2, -0.15) is 0 Å². The van der Waals surface area contributed by atoms with Gasteiger partial charge in [-0.05, 0) is 52.7 Å². The molecule has 0 saturated carbocycles. The van der Waals surface area contributed by atoms with Crippen LogP contribution in [0.15, 0.2) is 0 Å². The fourth-order valence-corrected chi connectivity index (χ4v) is 2.84. The number of carbonyl (C=O) groups is 1. The van der Waals surface area contributed by atoms with Crippen molar-refractivity contribution < 1.29 is 4.79 Å². The average molecular weight is 239 g/mol. The smallest absolute Gasteiger partial charge is 0.242 e. The lowest BCUT2D eigenvalue weighted by Gasteiger charge is -2.37. The van der Waals surface area contributed by atoms with Crippen LogP contribution in [0.2, 0.25) is 0 Å². The molecule has 1 N–H and O–H groups in total. The van der Waals surface area contributed by atoms with E-state index in [1.807, 2.05) is 0 Å². The number of hydrogen-bond acceptors (Lipinski definition) is 3. The number of nitrogens with one attached hydrogen (secondary N) is 1. The lowest BCUT2D eigenvalue weighted by molar-refractivity contribution is -0.138. The van der Waals surface area contributed by atoms with E-state index >= 15 is 0 Å². The van der Waals surface area contributed by atoms with Crippen LogP contribution in [0, 0.1) is 0 Å². The zero-order valence-electron chi connectivity index (χ0n) is 11.2. The van der Waals surface area contributed by atoms with Crippen LogP contribution in [0.1, 0.15) is 32.6 Å². The Morgan fingerprint density at radius 2 is 1.94 bits per heavy atom. The van der Waals surface area contributed by atoms with E-state index in [1.165, 1.54) is 12.8 Å². The molecule has 0 aromatic carbocycles. The summed E-state index contributed by atoms with van der Waals surface area (Å²) >= 11 is 0. The van der Waals surface area contributed by atoms with E-state index in [4.69, 9.17) is 0 Å². The average Bonchev–Trinajstić information content (AvgIpc) is 2.54. The van der Waals surface area contributed by atoms with Crippen molar-refractivity contribution in [1.29, 1.82) is 0 Å². The molecule has 17 heavy (non-hydrogen) atoms. The minimum absolute atomic E-state index is 0.304. The van der Waals surface area contributed by atoms with Gasteiger partial charge in [0.25, 0.3) is 0 Å². The third-order valence-corrected chi connectivity index (χ3v) is 4.10. The number of nitrogens with zero attached hydrogens (tertiary/aromatic N) is 2. The van der Waals surface area contributed by atoms with Gasteiger partial charge < -0.3 is 15.1 Å². The largest absolute Gasteiger partial charge is 0.340 e. The summed E-state index contributed by atoms with van der Waals surface area (Å²) in [4.78, 5) is 16.9. The lowest BCUT2D eigenvalue weighted by atomic mass is 9.89. The SMILES string of the molecule is CN1CCCN(C(=O)C2(C)CCCCN2)CC1. The van der Waals surface area contributed by atoms with Crippen LogP contribution in [0.3, 0.4) is 0 Å². The van der Waals surface area contributed by atoms with Crippen LogP contribution < -0.4 is 5.32 Å². The molecule has 0 aliphatic carbocycles. The summed E-state index contributed by atoms with van der Waals surface area (Å²) in [5, 5.41) is 3.42. The Hall–Kier alpha value is -0.610. The van der Waals surface area contributed by atoms with Crippen molar-refractivity contribution in [3.63, 3.8) is 0 Å². The highest BCUT2D eigenvalue weighted by atomic mass is 16.2. The minimum atomic E-state index is -0.304. The van der Waals surface area contributed by atoms with Gasteiger partial charge in [0.05, 0.1) is 5.54 Å². The summed E-state index contributed by atoms with van der Waals surface area (Å²) in [6.07, 6.45) is 4.45. The fourth-order valence-electron chi connectivity index (χ4n) is 2.84. The third kappa shape index (κ3) is 2.99. The maximum absolute atomic E-state index is 12.6. The first-order valence-electron chi connectivity index (χ1n) is 6.85. The van der Waals surface area contributed by atoms with Crippen LogP contribution in [-0.4, -0.2) is 61.0 Å². The van der Waals surface area contributed by atoms with Crippen LogP contribution in [0.25, 0.3) is 0 Å². The standard InChI is InChI=1S/C13H25N3O/c1-13(6-3-4-7-14-13)12(17)16-9-5-8-15(2)10-11-16/h14H,3-11H2,1-2H3. The van der Waals surface area contributed by atoms with Crippen molar-refractivity contribution in [2.45, 2.75) is 38.1 Å². The topological polar surface area (TPSA) is 35.6 Å².